The summed E-state index contributed by atoms with van der Waals surface area (Å²) < 4.78 is 11.0. The van der Waals surface area contributed by atoms with Gasteiger partial charge in [-0.05, 0) is 32.1 Å². The molecule has 1 saturated heterocycles. The third kappa shape index (κ3) is 6.58. The van der Waals surface area contributed by atoms with E-state index in [1.54, 1.807) is 0 Å². The fraction of sp³-hybridized carbons (Fsp3) is 0.929. The summed E-state index contributed by atoms with van der Waals surface area (Å²) in [6.45, 7) is 8.45. The molecule has 1 heterocycles. The molecule has 3 atom stereocenters. The van der Waals surface area contributed by atoms with Crippen molar-refractivity contribution >= 4 is 29.9 Å². The fourth-order valence-corrected chi connectivity index (χ4v) is 2.17. The SMILES string of the molecule is CCNC(=NCCCOC1CCOC1)NC1CC1C.I. The van der Waals surface area contributed by atoms with Gasteiger partial charge in [0.1, 0.15) is 0 Å². The number of nitrogens with one attached hydrogen (secondary N) is 2. The minimum atomic E-state index is 0. The number of halogens is 1. The van der Waals surface area contributed by atoms with Crippen molar-refractivity contribution in [2.45, 2.75) is 45.3 Å². The maximum atomic E-state index is 5.72. The van der Waals surface area contributed by atoms with Gasteiger partial charge in [0.05, 0.1) is 12.7 Å². The van der Waals surface area contributed by atoms with Gasteiger partial charge in [-0.1, -0.05) is 6.92 Å². The average Bonchev–Trinajstić information content (AvgIpc) is 2.90. The molecular weight excluding hydrogens is 369 g/mol. The molecule has 2 rings (SSSR count). The first kappa shape index (κ1) is 18.0. The molecule has 1 saturated carbocycles. The smallest absolute Gasteiger partial charge is 0.191 e. The van der Waals surface area contributed by atoms with Crippen LogP contribution in [0.25, 0.3) is 0 Å². The van der Waals surface area contributed by atoms with Crippen LogP contribution in [0.4, 0.5) is 0 Å². The van der Waals surface area contributed by atoms with Crippen LogP contribution in [0.5, 0.6) is 0 Å². The average molecular weight is 397 g/mol. The first-order chi connectivity index (χ1) is 9.29. The monoisotopic (exact) mass is 397 g/mol. The summed E-state index contributed by atoms with van der Waals surface area (Å²) in [6.07, 6.45) is 3.57. The van der Waals surface area contributed by atoms with Crippen LogP contribution < -0.4 is 10.6 Å². The molecule has 0 aromatic rings. The first-order valence-corrected chi connectivity index (χ1v) is 7.53. The number of ether oxygens (including phenoxy) is 2. The van der Waals surface area contributed by atoms with E-state index in [4.69, 9.17) is 9.47 Å². The van der Waals surface area contributed by atoms with Crippen molar-refractivity contribution < 1.29 is 9.47 Å². The summed E-state index contributed by atoms with van der Waals surface area (Å²) in [6, 6.07) is 0.615. The second kappa shape index (κ2) is 9.78. The number of nitrogens with zero attached hydrogens (tertiary/aromatic N) is 1. The van der Waals surface area contributed by atoms with Crippen molar-refractivity contribution in [2.75, 3.05) is 32.9 Å². The van der Waals surface area contributed by atoms with Gasteiger partial charge >= 0.3 is 0 Å². The Labute approximate surface area is 139 Å². The highest BCUT2D eigenvalue weighted by Crippen LogP contribution is 2.28. The topological polar surface area (TPSA) is 54.9 Å². The Morgan fingerprint density at radius 2 is 2.25 bits per heavy atom. The number of hydrogen-bond acceptors (Lipinski definition) is 3. The van der Waals surface area contributed by atoms with E-state index in [-0.39, 0.29) is 24.0 Å². The van der Waals surface area contributed by atoms with Crippen molar-refractivity contribution in [3.8, 4) is 0 Å². The maximum absolute atomic E-state index is 5.72. The standard InChI is InChI=1S/C14H27N3O2.HI/c1-3-15-14(17-13-9-11(13)2)16-6-4-7-19-12-5-8-18-10-12;/h11-13H,3-10H2,1-2H3,(H2,15,16,17);1H. The summed E-state index contributed by atoms with van der Waals surface area (Å²) in [4.78, 5) is 4.58. The molecule has 1 aliphatic carbocycles. The van der Waals surface area contributed by atoms with Crippen molar-refractivity contribution in [1.29, 1.82) is 0 Å². The van der Waals surface area contributed by atoms with E-state index in [1.807, 2.05) is 0 Å². The van der Waals surface area contributed by atoms with Crippen molar-refractivity contribution in [3.05, 3.63) is 0 Å². The van der Waals surface area contributed by atoms with Gasteiger partial charge in [-0.3, -0.25) is 4.99 Å². The van der Waals surface area contributed by atoms with Gasteiger partial charge in [-0.25, -0.2) is 0 Å². The Kier molecular flexibility index (Phi) is 8.79. The lowest BCUT2D eigenvalue weighted by atomic mass is 10.3. The van der Waals surface area contributed by atoms with Crippen LogP contribution in [0.15, 0.2) is 4.99 Å². The minimum Gasteiger partial charge on any atom is -0.379 e. The van der Waals surface area contributed by atoms with E-state index in [2.05, 4.69) is 29.5 Å². The predicted molar refractivity (Wildman–Crippen MR) is 91.9 cm³/mol. The zero-order chi connectivity index (χ0) is 13.5. The molecule has 0 spiro atoms. The lowest BCUT2D eigenvalue weighted by Gasteiger charge is -2.11. The van der Waals surface area contributed by atoms with Crippen molar-refractivity contribution in [3.63, 3.8) is 0 Å². The molecule has 0 aromatic heterocycles. The zero-order valence-corrected chi connectivity index (χ0v) is 14.9. The quantitative estimate of drug-likeness (QED) is 0.298. The minimum absolute atomic E-state index is 0. The summed E-state index contributed by atoms with van der Waals surface area (Å²) in [5.41, 5.74) is 0. The molecule has 5 nitrogen and oxygen atoms in total. The number of guanidine groups is 1. The largest absolute Gasteiger partial charge is 0.379 e. The zero-order valence-electron chi connectivity index (χ0n) is 12.6. The molecule has 6 heteroatoms. The molecule has 1 aliphatic heterocycles. The van der Waals surface area contributed by atoms with Gasteiger partial charge in [0.2, 0.25) is 0 Å². The third-order valence-electron chi connectivity index (χ3n) is 3.59. The molecule has 118 valence electrons. The van der Waals surface area contributed by atoms with E-state index < -0.39 is 0 Å². The van der Waals surface area contributed by atoms with E-state index in [9.17, 15) is 0 Å². The van der Waals surface area contributed by atoms with Crippen LogP contribution in [0.3, 0.4) is 0 Å². The van der Waals surface area contributed by atoms with Crippen LogP contribution in [0.1, 0.15) is 33.1 Å². The lowest BCUT2D eigenvalue weighted by molar-refractivity contribution is 0.0424. The van der Waals surface area contributed by atoms with Crippen LogP contribution >= 0.6 is 24.0 Å². The Balaban J connectivity index is 0.00000200. The Bertz CT molecular complexity index is 296. The lowest BCUT2D eigenvalue weighted by Crippen LogP contribution is -2.39. The second-order valence-electron chi connectivity index (χ2n) is 5.43. The second-order valence-corrected chi connectivity index (χ2v) is 5.43. The number of aliphatic imine (C=N–C) groups is 1. The van der Waals surface area contributed by atoms with Gasteiger partial charge in [0, 0.05) is 32.3 Å². The van der Waals surface area contributed by atoms with Crippen LogP contribution in [0.2, 0.25) is 0 Å². The molecule has 0 aromatic carbocycles. The number of rotatable bonds is 7. The first-order valence-electron chi connectivity index (χ1n) is 7.53. The normalized spacial score (nSPS) is 28.9. The van der Waals surface area contributed by atoms with E-state index in [0.717, 1.165) is 57.6 Å². The highest BCUT2D eigenvalue weighted by atomic mass is 127. The summed E-state index contributed by atoms with van der Waals surface area (Å²) in [5, 5.41) is 6.74. The highest BCUT2D eigenvalue weighted by Gasteiger charge is 2.33. The predicted octanol–water partition coefficient (Wildman–Crippen LogP) is 1.76. The van der Waals surface area contributed by atoms with Crippen molar-refractivity contribution in [1.82, 2.24) is 10.6 Å². The Morgan fingerprint density at radius 3 is 2.85 bits per heavy atom. The van der Waals surface area contributed by atoms with Gasteiger partial charge in [-0.15, -0.1) is 24.0 Å². The van der Waals surface area contributed by atoms with Crippen LogP contribution in [-0.4, -0.2) is 51.0 Å². The van der Waals surface area contributed by atoms with Gasteiger partial charge in [0.25, 0.3) is 0 Å². The molecule has 3 unspecified atom stereocenters. The van der Waals surface area contributed by atoms with Crippen LogP contribution in [-0.2, 0) is 9.47 Å². The van der Waals surface area contributed by atoms with Gasteiger partial charge < -0.3 is 20.1 Å². The molecule has 0 bridgehead atoms. The molecule has 2 aliphatic rings. The summed E-state index contributed by atoms with van der Waals surface area (Å²) >= 11 is 0. The third-order valence-corrected chi connectivity index (χ3v) is 3.59. The molecular formula is C14H28IN3O2. The van der Waals surface area contributed by atoms with E-state index in [0.29, 0.717) is 12.1 Å². The van der Waals surface area contributed by atoms with Gasteiger partial charge in [0.15, 0.2) is 5.96 Å². The Morgan fingerprint density at radius 1 is 1.45 bits per heavy atom. The maximum Gasteiger partial charge on any atom is 0.191 e. The molecule has 2 N–H and O–H groups in total. The van der Waals surface area contributed by atoms with E-state index >= 15 is 0 Å². The number of hydrogen-bond donors (Lipinski definition) is 2. The molecule has 2 fully saturated rings. The van der Waals surface area contributed by atoms with Gasteiger partial charge in [-0.2, -0.15) is 0 Å². The molecule has 0 amide bonds. The summed E-state index contributed by atoms with van der Waals surface area (Å²) in [5.74, 6) is 1.73. The van der Waals surface area contributed by atoms with Crippen LogP contribution in [0, 0.1) is 5.92 Å². The van der Waals surface area contributed by atoms with Crippen molar-refractivity contribution in [2.24, 2.45) is 10.9 Å². The van der Waals surface area contributed by atoms with E-state index in [1.165, 1.54) is 6.42 Å². The molecule has 20 heavy (non-hydrogen) atoms. The summed E-state index contributed by atoms with van der Waals surface area (Å²) in [7, 11) is 0. The highest BCUT2D eigenvalue weighted by molar-refractivity contribution is 14.0. The fourth-order valence-electron chi connectivity index (χ4n) is 2.17. The Hall–Kier alpha value is -0.0800. The molecule has 0 radical (unpaired) electrons.